The number of carbonyl (C=O) groups is 1. The summed E-state index contributed by atoms with van der Waals surface area (Å²) in [7, 11) is 0. The Morgan fingerprint density at radius 3 is 2.69 bits per heavy atom. The molecule has 16 heavy (non-hydrogen) atoms. The molecule has 1 aliphatic rings. The van der Waals surface area contributed by atoms with Crippen LogP contribution >= 0.6 is 43.2 Å². The first-order chi connectivity index (χ1) is 7.45. The molecule has 1 N–H and O–H groups in total. The van der Waals surface area contributed by atoms with Crippen molar-refractivity contribution < 1.29 is 9.90 Å². The SMILES string of the molecule is CCC1(O)CN(C(=O)c2cc(Br)c(Br)s2)C1. The number of hydrogen-bond donors (Lipinski definition) is 1. The van der Waals surface area contributed by atoms with Crippen molar-refractivity contribution in [2.75, 3.05) is 13.1 Å². The summed E-state index contributed by atoms with van der Waals surface area (Å²) in [5.74, 6) is -0.00507. The minimum absolute atomic E-state index is 0.00507. The van der Waals surface area contributed by atoms with E-state index in [4.69, 9.17) is 0 Å². The van der Waals surface area contributed by atoms with Gasteiger partial charge in [0.25, 0.3) is 5.91 Å². The van der Waals surface area contributed by atoms with E-state index >= 15 is 0 Å². The van der Waals surface area contributed by atoms with E-state index in [1.807, 2.05) is 6.92 Å². The highest BCUT2D eigenvalue weighted by molar-refractivity contribution is 9.13. The number of aliphatic hydroxyl groups is 1. The average molecular weight is 369 g/mol. The molecular weight excluding hydrogens is 358 g/mol. The van der Waals surface area contributed by atoms with Crippen LogP contribution < -0.4 is 0 Å². The number of amides is 1. The lowest BCUT2D eigenvalue weighted by Crippen LogP contribution is -2.63. The second-order valence-corrected chi connectivity index (χ2v) is 7.20. The van der Waals surface area contributed by atoms with Crippen LogP contribution in [0.5, 0.6) is 0 Å². The number of rotatable bonds is 2. The third-order valence-electron chi connectivity index (χ3n) is 2.77. The molecule has 1 fully saturated rings. The molecule has 1 aliphatic heterocycles. The van der Waals surface area contributed by atoms with Crippen LogP contribution in [0.25, 0.3) is 0 Å². The standard InChI is InChI=1S/C10H11Br2NO2S/c1-2-10(15)4-13(5-10)9(14)7-3-6(11)8(12)16-7/h3,15H,2,4-5H2,1H3. The summed E-state index contributed by atoms with van der Waals surface area (Å²) < 4.78 is 1.81. The van der Waals surface area contributed by atoms with Crippen molar-refractivity contribution in [1.29, 1.82) is 0 Å². The van der Waals surface area contributed by atoms with Crippen LogP contribution in [-0.2, 0) is 0 Å². The van der Waals surface area contributed by atoms with E-state index in [1.165, 1.54) is 11.3 Å². The number of hydrogen-bond acceptors (Lipinski definition) is 3. The van der Waals surface area contributed by atoms with Gasteiger partial charge in [-0.3, -0.25) is 4.79 Å². The first-order valence-electron chi connectivity index (χ1n) is 4.92. The zero-order valence-electron chi connectivity index (χ0n) is 8.67. The lowest BCUT2D eigenvalue weighted by atomic mass is 9.91. The summed E-state index contributed by atoms with van der Waals surface area (Å²) in [5.41, 5.74) is -0.665. The topological polar surface area (TPSA) is 40.5 Å². The predicted octanol–water partition coefficient (Wildman–Crippen LogP) is 2.87. The van der Waals surface area contributed by atoms with Crippen LogP contribution in [-0.4, -0.2) is 34.6 Å². The third-order valence-corrected chi connectivity index (χ3v) is 6.02. The zero-order valence-corrected chi connectivity index (χ0v) is 12.7. The Morgan fingerprint density at radius 2 is 2.25 bits per heavy atom. The van der Waals surface area contributed by atoms with Crippen molar-refractivity contribution in [1.82, 2.24) is 4.90 Å². The molecule has 0 radical (unpaired) electrons. The Bertz CT molecular complexity index is 407. The quantitative estimate of drug-likeness (QED) is 0.871. The number of thiophene rings is 1. The predicted molar refractivity (Wildman–Crippen MR) is 70.9 cm³/mol. The monoisotopic (exact) mass is 367 g/mol. The second-order valence-electron chi connectivity index (χ2n) is 3.97. The van der Waals surface area contributed by atoms with Crippen molar-refractivity contribution in [2.24, 2.45) is 0 Å². The maximum Gasteiger partial charge on any atom is 0.264 e. The molecule has 1 aromatic heterocycles. The van der Waals surface area contributed by atoms with Crippen LogP contribution in [0.2, 0.25) is 0 Å². The largest absolute Gasteiger partial charge is 0.386 e. The van der Waals surface area contributed by atoms with Gasteiger partial charge in [0.05, 0.1) is 27.4 Å². The molecule has 2 rings (SSSR count). The second kappa shape index (κ2) is 4.40. The summed E-state index contributed by atoms with van der Waals surface area (Å²) >= 11 is 8.12. The molecule has 0 aliphatic carbocycles. The molecule has 0 atom stereocenters. The Morgan fingerprint density at radius 1 is 1.62 bits per heavy atom. The van der Waals surface area contributed by atoms with E-state index in [2.05, 4.69) is 31.9 Å². The Labute approximate surface area is 115 Å². The van der Waals surface area contributed by atoms with Gasteiger partial charge in [0.15, 0.2) is 0 Å². The molecular formula is C10H11Br2NO2S. The molecule has 0 saturated carbocycles. The number of likely N-dealkylation sites (tertiary alicyclic amines) is 1. The summed E-state index contributed by atoms with van der Waals surface area (Å²) in [4.78, 5) is 14.3. The molecule has 2 heterocycles. The van der Waals surface area contributed by atoms with Gasteiger partial charge in [0.1, 0.15) is 0 Å². The van der Waals surface area contributed by atoms with Crippen LogP contribution in [0.1, 0.15) is 23.0 Å². The van der Waals surface area contributed by atoms with Gasteiger partial charge in [-0.25, -0.2) is 0 Å². The Kier molecular flexibility index (Phi) is 3.45. The minimum Gasteiger partial charge on any atom is -0.386 e. The smallest absolute Gasteiger partial charge is 0.264 e. The summed E-state index contributed by atoms with van der Waals surface area (Å²) in [5, 5.41) is 9.84. The zero-order chi connectivity index (χ0) is 11.9. The Balaban J connectivity index is 2.05. The minimum atomic E-state index is -0.665. The van der Waals surface area contributed by atoms with Crippen LogP contribution in [0, 0.1) is 0 Å². The average Bonchev–Trinajstić information content (AvgIpc) is 2.53. The molecule has 3 nitrogen and oxygen atoms in total. The number of nitrogens with zero attached hydrogens (tertiary/aromatic N) is 1. The van der Waals surface area contributed by atoms with Crippen LogP contribution in [0.15, 0.2) is 14.3 Å². The van der Waals surface area contributed by atoms with Crippen molar-refractivity contribution >= 4 is 49.1 Å². The van der Waals surface area contributed by atoms with Crippen LogP contribution in [0.4, 0.5) is 0 Å². The molecule has 0 aromatic carbocycles. The Hall–Kier alpha value is 0.0900. The van der Waals surface area contributed by atoms with Gasteiger partial charge in [0.2, 0.25) is 0 Å². The molecule has 0 bridgehead atoms. The van der Waals surface area contributed by atoms with E-state index < -0.39 is 5.60 Å². The van der Waals surface area contributed by atoms with E-state index in [1.54, 1.807) is 11.0 Å². The maximum atomic E-state index is 12.0. The van der Waals surface area contributed by atoms with Crippen molar-refractivity contribution in [3.63, 3.8) is 0 Å². The first-order valence-corrected chi connectivity index (χ1v) is 7.32. The molecule has 6 heteroatoms. The van der Waals surface area contributed by atoms with Gasteiger partial charge in [-0.15, -0.1) is 11.3 Å². The molecule has 1 amide bonds. The van der Waals surface area contributed by atoms with Crippen molar-refractivity contribution in [2.45, 2.75) is 18.9 Å². The molecule has 0 spiro atoms. The third kappa shape index (κ3) is 2.20. The normalized spacial score (nSPS) is 18.4. The summed E-state index contributed by atoms with van der Waals surface area (Å²) in [6, 6.07) is 1.81. The van der Waals surface area contributed by atoms with Gasteiger partial charge in [0, 0.05) is 4.47 Å². The van der Waals surface area contributed by atoms with Crippen molar-refractivity contribution in [3.05, 3.63) is 19.2 Å². The first kappa shape index (κ1) is 12.5. The fourth-order valence-electron chi connectivity index (χ4n) is 1.64. The number of halogens is 2. The maximum absolute atomic E-state index is 12.0. The van der Waals surface area contributed by atoms with Gasteiger partial charge in [-0.2, -0.15) is 0 Å². The number of β-amino-alcohol motifs (C(OH)–C–C–N with tert-alkyl or cyclic N) is 1. The lowest BCUT2D eigenvalue weighted by Gasteiger charge is -2.45. The van der Waals surface area contributed by atoms with Gasteiger partial charge < -0.3 is 10.0 Å². The lowest BCUT2D eigenvalue weighted by molar-refractivity contribution is -0.0824. The fraction of sp³-hybridized carbons (Fsp3) is 0.500. The van der Waals surface area contributed by atoms with Gasteiger partial charge in [-0.1, -0.05) is 6.92 Å². The molecule has 88 valence electrons. The molecule has 1 saturated heterocycles. The van der Waals surface area contributed by atoms with E-state index in [9.17, 15) is 9.90 Å². The van der Waals surface area contributed by atoms with E-state index in [-0.39, 0.29) is 5.91 Å². The van der Waals surface area contributed by atoms with E-state index in [0.29, 0.717) is 24.4 Å². The van der Waals surface area contributed by atoms with E-state index in [0.717, 1.165) is 8.26 Å². The van der Waals surface area contributed by atoms with Gasteiger partial charge in [-0.05, 0) is 44.3 Å². The van der Waals surface area contributed by atoms with Crippen molar-refractivity contribution in [3.8, 4) is 0 Å². The highest BCUT2D eigenvalue weighted by Crippen LogP contribution is 2.34. The number of carbonyl (C=O) groups excluding carboxylic acids is 1. The highest BCUT2D eigenvalue weighted by Gasteiger charge is 2.42. The summed E-state index contributed by atoms with van der Waals surface area (Å²) in [6.07, 6.45) is 0.689. The molecule has 1 aromatic rings. The molecule has 0 unspecified atom stereocenters. The summed E-state index contributed by atoms with van der Waals surface area (Å²) in [6.45, 7) is 2.81. The van der Waals surface area contributed by atoms with Crippen LogP contribution in [0.3, 0.4) is 0 Å². The fourth-order valence-corrected chi connectivity index (χ4v) is 3.64. The van der Waals surface area contributed by atoms with Gasteiger partial charge >= 0.3 is 0 Å². The highest BCUT2D eigenvalue weighted by atomic mass is 79.9.